The van der Waals surface area contributed by atoms with E-state index in [4.69, 9.17) is 5.11 Å². The fourth-order valence-electron chi connectivity index (χ4n) is 1.05. The van der Waals surface area contributed by atoms with E-state index in [1.165, 1.54) is 4.74 Å². The van der Waals surface area contributed by atoms with Crippen molar-refractivity contribution in [3.63, 3.8) is 0 Å². The Bertz CT molecular complexity index is 540. The molecule has 0 saturated heterocycles. The van der Waals surface area contributed by atoms with Crippen molar-refractivity contribution in [1.29, 1.82) is 0 Å². The lowest BCUT2D eigenvalue weighted by Gasteiger charge is -2.40. The summed E-state index contributed by atoms with van der Waals surface area (Å²) in [5.41, 5.74) is 0. The number of aliphatic hydroxyl groups is 1. The second-order valence-electron chi connectivity index (χ2n) is 4.47. The number of hydrogen-bond acceptors (Lipinski definition) is 2. The normalized spacial score (nSPS) is 18.4. The Hall–Kier alpha value is -1.27. The third kappa shape index (κ3) is 3.70. The van der Waals surface area contributed by atoms with Crippen molar-refractivity contribution in [3.8, 4) is 0 Å². The molecule has 1 unspecified atom stereocenters. The van der Waals surface area contributed by atoms with E-state index in [1.54, 1.807) is 0 Å². The first-order valence-corrected chi connectivity index (χ1v) is 5.34. The molecule has 0 aliphatic rings. The minimum Gasteiger partial charge on any atom is -0.332 e. The van der Waals surface area contributed by atoms with Gasteiger partial charge in [-0.25, -0.2) is 4.74 Å². The van der Waals surface area contributed by atoms with Crippen LogP contribution >= 0.6 is 0 Å². The minimum absolute atomic E-state index is 1.28. The van der Waals surface area contributed by atoms with Gasteiger partial charge in [0.25, 0.3) is 0 Å². The minimum atomic E-state index is -8.50. The van der Waals surface area contributed by atoms with E-state index in [0.29, 0.717) is 0 Å². The molecule has 0 aliphatic heterocycles. The Balaban J connectivity index is 6.32. The second-order valence-corrected chi connectivity index (χ2v) is 4.47. The van der Waals surface area contributed by atoms with Gasteiger partial charge in [0.2, 0.25) is 0 Å². The molecule has 0 saturated carbocycles. The number of hydrogen-bond donors (Lipinski definition) is 1. The molecule has 0 aliphatic carbocycles. The predicted molar refractivity (Wildman–Crippen MR) is 44.0 cm³/mol. The van der Waals surface area contributed by atoms with Crippen molar-refractivity contribution < 1.29 is 84.5 Å². The molecule has 2 nitrogen and oxygen atoms in total. The first-order valence-electron chi connectivity index (χ1n) is 5.34. The number of alkyl halides is 17. The summed E-state index contributed by atoms with van der Waals surface area (Å²) >= 11 is 0. The average molecular weight is 452 g/mol. The van der Waals surface area contributed by atoms with Crippen LogP contribution in [0.5, 0.6) is 0 Å². The van der Waals surface area contributed by atoms with Crippen LogP contribution in [0, 0.1) is 0 Å². The van der Waals surface area contributed by atoms with Crippen LogP contribution in [0.4, 0.5) is 74.6 Å². The Morgan fingerprint density at radius 2 is 0.704 bits per heavy atom. The summed E-state index contributed by atoms with van der Waals surface area (Å²) in [6, 6.07) is -6.93. The summed E-state index contributed by atoms with van der Waals surface area (Å²) in [4.78, 5) is 0. The van der Waals surface area contributed by atoms with E-state index in [9.17, 15) is 74.6 Å². The monoisotopic (exact) mass is 452 g/mol. The molecule has 27 heavy (non-hydrogen) atoms. The van der Waals surface area contributed by atoms with E-state index in [1.807, 2.05) is 0 Å². The smallest absolute Gasteiger partial charge is 0.332 e. The van der Waals surface area contributed by atoms with Gasteiger partial charge in [0.1, 0.15) is 0 Å². The van der Waals surface area contributed by atoms with Crippen LogP contribution in [-0.2, 0) is 4.74 Å². The molecular formula is C8HF17O2. The lowest BCUT2D eigenvalue weighted by molar-refractivity contribution is -0.531. The maximum absolute atomic E-state index is 12.9. The largest absolute Gasteiger partial charge is 0.478 e. The fourth-order valence-corrected chi connectivity index (χ4v) is 1.05. The van der Waals surface area contributed by atoms with E-state index < -0.39 is 48.2 Å². The van der Waals surface area contributed by atoms with Crippen LogP contribution in [0.2, 0.25) is 0 Å². The molecule has 0 amide bonds. The molecule has 1 N–H and O–H groups in total. The van der Waals surface area contributed by atoms with Gasteiger partial charge in [-0.2, -0.15) is 74.6 Å². The third-order valence-corrected chi connectivity index (χ3v) is 2.52. The highest BCUT2D eigenvalue weighted by Crippen LogP contribution is 2.61. The Morgan fingerprint density at radius 1 is 0.407 bits per heavy atom. The highest BCUT2D eigenvalue weighted by atomic mass is 19.4. The van der Waals surface area contributed by atoms with E-state index in [-0.39, 0.29) is 0 Å². The lowest BCUT2D eigenvalue weighted by atomic mass is 9.97. The van der Waals surface area contributed by atoms with Crippen LogP contribution < -0.4 is 0 Å². The number of ether oxygens (including phenoxy) is 1. The first kappa shape index (κ1) is 25.7. The lowest BCUT2D eigenvalue weighted by Crippen LogP contribution is -2.71. The topological polar surface area (TPSA) is 29.5 Å². The van der Waals surface area contributed by atoms with Crippen LogP contribution in [0.1, 0.15) is 0 Å². The molecular weight excluding hydrogens is 451 g/mol. The van der Waals surface area contributed by atoms with Crippen molar-refractivity contribution in [2.75, 3.05) is 0 Å². The molecule has 0 fully saturated rings. The van der Waals surface area contributed by atoms with E-state index in [0.717, 1.165) is 0 Å². The van der Waals surface area contributed by atoms with Crippen molar-refractivity contribution in [3.05, 3.63) is 0 Å². The maximum atomic E-state index is 12.9. The highest BCUT2D eigenvalue weighted by molar-refractivity contribution is 5.08. The molecule has 0 radical (unpaired) electrons. The van der Waals surface area contributed by atoms with Gasteiger partial charge in [0, 0.05) is 0 Å². The van der Waals surface area contributed by atoms with Crippen LogP contribution in [0.25, 0.3) is 0 Å². The predicted octanol–water partition coefficient (Wildman–Crippen LogP) is 4.88. The summed E-state index contributed by atoms with van der Waals surface area (Å²) in [5, 5.41) is 7.72. The first-order chi connectivity index (χ1) is 11.2. The molecule has 0 aromatic heterocycles. The SMILES string of the molecule is OC(F)(OC(F)(F)C(F)(F)C(F)(F)C(F)(F)C(F)(F)C(F)(F)F)C(F)(F)F. The van der Waals surface area contributed by atoms with Gasteiger partial charge in [-0.1, -0.05) is 0 Å². The summed E-state index contributed by atoms with van der Waals surface area (Å²) in [7, 11) is 0. The summed E-state index contributed by atoms with van der Waals surface area (Å²) in [5.74, 6) is -33.4. The van der Waals surface area contributed by atoms with Gasteiger partial charge in [-0.05, 0) is 0 Å². The van der Waals surface area contributed by atoms with Crippen LogP contribution in [0.3, 0.4) is 0 Å². The van der Waals surface area contributed by atoms with Gasteiger partial charge in [0.05, 0.1) is 0 Å². The fraction of sp³-hybridized carbons (Fsp3) is 1.00. The van der Waals surface area contributed by atoms with E-state index in [2.05, 4.69) is 0 Å². The Kier molecular flexibility index (Phi) is 5.83. The quantitative estimate of drug-likeness (QED) is 0.460. The molecule has 0 rings (SSSR count). The number of halogens is 17. The van der Waals surface area contributed by atoms with Crippen molar-refractivity contribution >= 4 is 0 Å². The van der Waals surface area contributed by atoms with Crippen molar-refractivity contribution in [2.45, 2.75) is 48.2 Å². The molecule has 0 heterocycles. The molecule has 1 atom stereocenters. The number of rotatable bonds is 6. The maximum Gasteiger partial charge on any atom is 0.478 e. The highest BCUT2D eigenvalue weighted by Gasteiger charge is 2.92. The van der Waals surface area contributed by atoms with Crippen molar-refractivity contribution in [1.82, 2.24) is 0 Å². The standard InChI is InChI=1S/C8HF17O2/c9-1(10,3(13,14)5(17,18)19)2(11,12)4(15,16)7(23,24)27-8(25,26)6(20,21)22/h26H. The zero-order valence-electron chi connectivity index (χ0n) is 11.3. The zero-order valence-corrected chi connectivity index (χ0v) is 11.3. The van der Waals surface area contributed by atoms with Gasteiger partial charge >= 0.3 is 48.2 Å². The van der Waals surface area contributed by atoms with Crippen molar-refractivity contribution in [2.24, 2.45) is 0 Å². The average Bonchev–Trinajstić information content (AvgIpc) is 2.33. The second kappa shape index (κ2) is 6.11. The third-order valence-electron chi connectivity index (χ3n) is 2.52. The molecule has 0 spiro atoms. The summed E-state index contributed by atoms with van der Waals surface area (Å²) < 4.78 is 211. The van der Waals surface area contributed by atoms with Gasteiger partial charge in [-0.3, -0.25) is 0 Å². The van der Waals surface area contributed by atoms with Crippen LogP contribution in [-0.4, -0.2) is 53.3 Å². The zero-order chi connectivity index (χ0) is 22.7. The van der Waals surface area contributed by atoms with Gasteiger partial charge in [-0.15, -0.1) is 0 Å². The molecule has 0 aromatic rings. The van der Waals surface area contributed by atoms with E-state index >= 15 is 0 Å². The molecule has 19 heteroatoms. The molecule has 164 valence electrons. The molecule has 0 aromatic carbocycles. The van der Waals surface area contributed by atoms with Gasteiger partial charge < -0.3 is 5.11 Å². The Morgan fingerprint density at radius 3 is 0.963 bits per heavy atom. The Labute approximate surface area is 134 Å². The van der Waals surface area contributed by atoms with Gasteiger partial charge in [0.15, 0.2) is 0 Å². The van der Waals surface area contributed by atoms with Crippen LogP contribution in [0.15, 0.2) is 0 Å². The summed E-state index contributed by atoms with van der Waals surface area (Å²) in [6.07, 6.45) is -22.7. The summed E-state index contributed by atoms with van der Waals surface area (Å²) in [6.45, 7) is 0. The molecule has 0 bridgehead atoms.